The molecule has 0 aromatic heterocycles. The van der Waals surface area contributed by atoms with Gasteiger partial charge >= 0.3 is 0 Å². The van der Waals surface area contributed by atoms with E-state index >= 15 is 0 Å². The summed E-state index contributed by atoms with van der Waals surface area (Å²) in [7, 11) is -1.87. The molecule has 2 aromatic carbocycles. The molecular weight excluding hydrogens is 362 g/mol. The number of carbonyl (C=O) groups excluding carboxylic acids is 1. The molecule has 0 atom stereocenters. The van der Waals surface area contributed by atoms with Crippen LogP contribution in [-0.2, 0) is 10.0 Å². The van der Waals surface area contributed by atoms with Crippen molar-refractivity contribution in [1.29, 1.82) is 0 Å². The molecule has 3 rings (SSSR count). The van der Waals surface area contributed by atoms with Gasteiger partial charge in [0.25, 0.3) is 0 Å². The molecule has 6 heteroatoms. The molecule has 0 N–H and O–H groups in total. The fourth-order valence-electron chi connectivity index (χ4n) is 3.03. The lowest BCUT2D eigenvalue weighted by atomic mass is 10.1. The van der Waals surface area contributed by atoms with Gasteiger partial charge in [0, 0.05) is 18.7 Å². The summed E-state index contributed by atoms with van der Waals surface area (Å²) in [5.74, 6) is 0.580. The van der Waals surface area contributed by atoms with Gasteiger partial charge in [0.05, 0.1) is 12.0 Å². The fraction of sp³-hybridized carbons (Fsp3) is 0.286. The Bertz CT molecular complexity index is 910. The van der Waals surface area contributed by atoms with Crippen LogP contribution >= 0.6 is 0 Å². The standard InChI is InChI=1S/C21H23NO4S/c1-26-19-10-5-17(6-11-19)7-14-21(23)18-8-12-20(13-9-18)27(24,25)22-15-3-2-4-16-22/h5-14H,2-4,15-16H2,1H3/b14-7+. The lowest BCUT2D eigenvalue weighted by Gasteiger charge is -2.25. The lowest BCUT2D eigenvalue weighted by molar-refractivity contribution is 0.104. The van der Waals surface area contributed by atoms with Gasteiger partial charge < -0.3 is 4.74 Å². The van der Waals surface area contributed by atoms with E-state index in [-0.39, 0.29) is 10.7 Å². The summed E-state index contributed by atoms with van der Waals surface area (Å²) in [4.78, 5) is 12.6. The van der Waals surface area contributed by atoms with Crippen LogP contribution in [0.15, 0.2) is 59.5 Å². The second kappa shape index (κ2) is 8.50. The third kappa shape index (κ3) is 4.64. The van der Waals surface area contributed by atoms with Gasteiger partial charge in [0.1, 0.15) is 5.75 Å². The molecule has 0 spiro atoms. The number of carbonyl (C=O) groups is 1. The van der Waals surface area contributed by atoms with E-state index in [0.717, 1.165) is 30.6 Å². The van der Waals surface area contributed by atoms with Crippen LogP contribution in [0.4, 0.5) is 0 Å². The third-order valence-corrected chi connectivity index (χ3v) is 6.55. The maximum atomic E-state index is 12.6. The second-order valence-electron chi connectivity index (χ2n) is 6.46. The van der Waals surface area contributed by atoms with Crippen molar-refractivity contribution in [2.24, 2.45) is 0 Å². The molecule has 5 nitrogen and oxygen atoms in total. The molecular formula is C21H23NO4S. The van der Waals surface area contributed by atoms with Crippen molar-refractivity contribution in [3.63, 3.8) is 0 Å². The minimum Gasteiger partial charge on any atom is -0.497 e. The van der Waals surface area contributed by atoms with Gasteiger partial charge in [0.15, 0.2) is 5.78 Å². The van der Waals surface area contributed by atoms with Crippen molar-refractivity contribution in [2.75, 3.05) is 20.2 Å². The summed E-state index contributed by atoms with van der Waals surface area (Å²) in [5.41, 5.74) is 1.34. The van der Waals surface area contributed by atoms with E-state index in [1.165, 1.54) is 22.5 Å². The van der Waals surface area contributed by atoms with E-state index in [2.05, 4.69) is 0 Å². The summed E-state index contributed by atoms with van der Waals surface area (Å²) in [6.07, 6.45) is 6.06. The Kier molecular flexibility index (Phi) is 6.08. The predicted molar refractivity (Wildman–Crippen MR) is 105 cm³/mol. The van der Waals surface area contributed by atoms with Gasteiger partial charge in [-0.1, -0.05) is 24.6 Å². The molecule has 2 aromatic rings. The Morgan fingerprint density at radius 1 is 0.963 bits per heavy atom. The van der Waals surface area contributed by atoms with Crippen LogP contribution in [0, 0.1) is 0 Å². The van der Waals surface area contributed by atoms with Gasteiger partial charge in [0.2, 0.25) is 10.0 Å². The average molecular weight is 385 g/mol. The largest absolute Gasteiger partial charge is 0.497 e. The quantitative estimate of drug-likeness (QED) is 0.561. The van der Waals surface area contributed by atoms with Crippen LogP contribution in [0.5, 0.6) is 5.75 Å². The van der Waals surface area contributed by atoms with Crippen molar-refractivity contribution in [1.82, 2.24) is 4.31 Å². The van der Waals surface area contributed by atoms with E-state index in [0.29, 0.717) is 18.7 Å². The van der Waals surface area contributed by atoms with Gasteiger partial charge in [-0.3, -0.25) is 4.79 Å². The van der Waals surface area contributed by atoms with Gasteiger partial charge in [-0.05, 0) is 60.9 Å². The van der Waals surface area contributed by atoms with E-state index in [1.807, 2.05) is 24.3 Å². The summed E-state index contributed by atoms with van der Waals surface area (Å²) in [6, 6.07) is 13.5. The highest BCUT2D eigenvalue weighted by Gasteiger charge is 2.25. The molecule has 0 amide bonds. The Morgan fingerprint density at radius 2 is 1.59 bits per heavy atom. The molecule has 1 aliphatic rings. The van der Waals surface area contributed by atoms with Crippen LogP contribution in [0.2, 0.25) is 0 Å². The molecule has 0 unspecified atom stereocenters. The number of piperidine rings is 1. The first-order valence-corrected chi connectivity index (χ1v) is 10.4. The average Bonchev–Trinajstić information content (AvgIpc) is 2.73. The van der Waals surface area contributed by atoms with Crippen LogP contribution in [-0.4, -0.2) is 38.7 Å². The van der Waals surface area contributed by atoms with E-state index in [9.17, 15) is 13.2 Å². The molecule has 142 valence electrons. The number of rotatable bonds is 6. The highest BCUT2D eigenvalue weighted by molar-refractivity contribution is 7.89. The number of ether oxygens (including phenoxy) is 1. The normalized spacial score (nSPS) is 15.7. The van der Waals surface area contributed by atoms with Gasteiger partial charge in [-0.15, -0.1) is 0 Å². The second-order valence-corrected chi connectivity index (χ2v) is 8.40. The molecule has 1 fully saturated rings. The zero-order chi connectivity index (χ0) is 19.3. The van der Waals surface area contributed by atoms with Gasteiger partial charge in [-0.2, -0.15) is 4.31 Å². The van der Waals surface area contributed by atoms with E-state index < -0.39 is 10.0 Å². The SMILES string of the molecule is COc1ccc(/C=C/C(=O)c2ccc(S(=O)(=O)N3CCCCC3)cc2)cc1. The molecule has 0 radical (unpaired) electrons. The number of hydrogen-bond donors (Lipinski definition) is 0. The number of nitrogens with zero attached hydrogens (tertiary/aromatic N) is 1. The predicted octanol–water partition coefficient (Wildman–Crippen LogP) is 3.77. The first-order valence-electron chi connectivity index (χ1n) is 8.97. The Hall–Kier alpha value is -2.44. The highest BCUT2D eigenvalue weighted by atomic mass is 32.2. The minimum absolute atomic E-state index is 0.173. The first-order chi connectivity index (χ1) is 13.0. The molecule has 1 aliphatic heterocycles. The van der Waals surface area contributed by atoms with Crippen molar-refractivity contribution >= 4 is 21.9 Å². The monoisotopic (exact) mass is 385 g/mol. The topological polar surface area (TPSA) is 63.7 Å². The molecule has 0 bridgehead atoms. The van der Waals surface area contributed by atoms with Crippen molar-refractivity contribution in [3.05, 3.63) is 65.7 Å². The highest BCUT2D eigenvalue weighted by Crippen LogP contribution is 2.21. The van der Waals surface area contributed by atoms with Crippen molar-refractivity contribution in [3.8, 4) is 5.75 Å². The fourth-order valence-corrected chi connectivity index (χ4v) is 4.55. The number of benzene rings is 2. The number of methoxy groups -OCH3 is 1. The molecule has 0 aliphatic carbocycles. The summed E-state index contributed by atoms with van der Waals surface area (Å²) in [6.45, 7) is 1.13. The van der Waals surface area contributed by atoms with E-state index in [4.69, 9.17) is 4.74 Å². The molecule has 27 heavy (non-hydrogen) atoms. The Labute approximate surface area is 160 Å². The number of sulfonamides is 1. The molecule has 1 heterocycles. The van der Waals surface area contributed by atoms with E-state index in [1.54, 1.807) is 25.3 Å². The number of allylic oxidation sites excluding steroid dienone is 1. The Morgan fingerprint density at radius 3 is 2.19 bits per heavy atom. The summed E-state index contributed by atoms with van der Waals surface area (Å²) < 4.78 is 31.9. The summed E-state index contributed by atoms with van der Waals surface area (Å²) in [5, 5.41) is 0. The van der Waals surface area contributed by atoms with Crippen molar-refractivity contribution < 1.29 is 17.9 Å². The van der Waals surface area contributed by atoms with Gasteiger partial charge in [-0.25, -0.2) is 8.42 Å². The zero-order valence-corrected chi connectivity index (χ0v) is 16.1. The van der Waals surface area contributed by atoms with Crippen molar-refractivity contribution in [2.45, 2.75) is 24.2 Å². The van der Waals surface area contributed by atoms with Crippen LogP contribution in [0.25, 0.3) is 6.08 Å². The maximum Gasteiger partial charge on any atom is 0.243 e. The summed E-state index contributed by atoms with van der Waals surface area (Å²) >= 11 is 0. The van der Waals surface area contributed by atoms with Crippen LogP contribution in [0.3, 0.4) is 0 Å². The van der Waals surface area contributed by atoms with Crippen LogP contribution < -0.4 is 4.74 Å². The number of ketones is 1. The minimum atomic E-state index is -3.47. The smallest absolute Gasteiger partial charge is 0.243 e. The lowest BCUT2D eigenvalue weighted by Crippen LogP contribution is -2.35. The maximum absolute atomic E-state index is 12.6. The number of hydrogen-bond acceptors (Lipinski definition) is 4. The zero-order valence-electron chi connectivity index (χ0n) is 15.3. The molecule has 0 saturated carbocycles. The molecule has 1 saturated heterocycles. The first kappa shape index (κ1) is 19.3. The Balaban J connectivity index is 1.70. The third-order valence-electron chi connectivity index (χ3n) is 4.63. The van der Waals surface area contributed by atoms with Crippen LogP contribution in [0.1, 0.15) is 35.2 Å².